The minimum absolute atomic E-state index is 0.0276. The van der Waals surface area contributed by atoms with E-state index in [2.05, 4.69) is 24.4 Å². The van der Waals surface area contributed by atoms with Gasteiger partial charge < -0.3 is 19.5 Å². The summed E-state index contributed by atoms with van der Waals surface area (Å²) in [6, 6.07) is 15.6. The molecule has 2 aromatic carbocycles. The maximum absolute atomic E-state index is 13.8. The number of hydrogen-bond donors (Lipinski definition) is 1. The highest BCUT2D eigenvalue weighted by Crippen LogP contribution is 2.48. The second-order valence-electron chi connectivity index (χ2n) is 8.87. The third-order valence-corrected chi connectivity index (χ3v) is 7.60. The van der Waals surface area contributed by atoms with Gasteiger partial charge in [0.2, 0.25) is 0 Å². The van der Waals surface area contributed by atoms with Gasteiger partial charge in [-0.25, -0.2) is 4.79 Å². The van der Waals surface area contributed by atoms with Gasteiger partial charge in [-0.1, -0.05) is 43.3 Å². The molecule has 0 saturated carbocycles. The van der Waals surface area contributed by atoms with Crippen LogP contribution in [-0.2, 0) is 14.3 Å². The second-order valence-corrected chi connectivity index (χ2v) is 10.3. The maximum Gasteiger partial charge on any atom is 0.336 e. The summed E-state index contributed by atoms with van der Waals surface area (Å²) in [5.41, 5.74) is 4.51. The molecule has 0 amide bonds. The molecule has 0 fully saturated rings. The van der Waals surface area contributed by atoms with Crippen LogP contribution in [0.5, 0.6) is 11.5 Å². The molecule has 1 N–H and O–H groups in total. The number of rotatable bonds is 9. The predicted molar refractivity (Wildman–Crippen MR) is 143 cm³/mol. The van der Waals surface area contributed by atoms with E-state index >= 15 is 0 Å². The molecule has 0 unspecified atom stereocenters. The van der Waals surface area contributed by atoms with Gasteiger partial charge in [0, 0.05) is 40.8 Å². The minimum Gasteiger partial charge on any atom is -0.497 e. The molecule has 2 aromatic rings. The van der Waals surface area contributed by atoms with Crippen LogP contribution < -0.4 is 14.8 Å². The van der Waals surface area contributed by atoms with Crippen molar-refractivity contribution < 1.29 is 23.8 Å². The smallest absolute Gasteiger partial charge is 0.336 e. The second kappa shape index (κ2) is 11.7. The Morgan fingerprint density at radius 2 is 1.86 bits per heavy atom. The molecule has 1 heterocycles. The quantitative estimate of drug-likeness (QED) is 0.362. The highest BCUT2D eigenvalue weighted by Gasteiger charge is 2.42. The maximum atomic E-state index is 13.8. The van der Waals surface area contributed by atoms with Gasteiger partial charge in [-0.2, -0.15) is 11.8 Å². The van der Waals surface area contributed by atoms with Crippen LogP contribution in [0.4, 0.5) is 0 Å². The molecule has 4 rings (SSSR count). The molecule has 1 aliphatic heterocycles. The van der Waals surface area contributed by atoms with Crippen molar-refractivity contribution in [3.05, 3.63) is 82.2 Å². The molecule has 36 heavy (non-hydrogen) atoms. The fourth-order valence-corrected chi connectivity index (χ4v) is 5.54. The zero-order valence-corrected chi connectivity index (χ0v) is 22.1. The topological polar surface area (TPSA) is 73.9 Å². The van der Waals surface area contributed by atoms with E-state index in [0.717, 1.165) is 28.3 Å². The van der Waals surface area contributed by atoms with Crippen LogP contribution in [-0.4, -0.2) is 44.1 Å². The number of ketones is 1. The lowest BCUT2D eigenvalue weighted by molar-refractivity contribution is -0.138. The lowest BCUT2D eigenvalue weighted by atomic mass is 9.71. The highest BCUT2D eigenvalue weighted by atomic mass is 32.2. The number of dihydropyridines is 1. The number of benzene rings is 2. The van der Waals surface area contributed by atoms with Crippen LogP contribution in [0.15, 0.2) is 71.1 Å². The molecular weight excluding hydrogens is 474 g/mol. The van der Waals surface area contributed by atoms with E-state index in [1.807, 2.05) is 37.3 Å². The Kier molecular flexibility index (Phi) is 8.41. The summed E-state index contributed by atoms with van der Waals surface area (Å²) in [5.74, 6) is 1.99. The van der Waals surface area contributed by atoms with Crippen molar-refractivity contribution in [2.45, 2.75) is 38.5 Å². The van der Waals surface area contributed by atoms with Crippen LogP contribution in [0.2, 0.25) is 0 Å². The number of ether oxygens (including phenoxy) is 3. The molecule has 0 radical (unpaired) electrons. The van der Waals surface area contributed by atoms with Crippen LogP contribution >= 0.6 is 11.8 Å². The summed E-state index contributed by atoms with van der Waals surface area (Å²) in [7, 11) is 3.18. The zero-order valence-electron chi connectivity index (χ0n) is 21.3. The number of allylic oxidation sites excluding steroid dienone is 3. The van der Waals surface area contributed by atoms with Crippen molar-refractivity contribution in [2.24, 2.45) is 0 Å². The van der Waals surface area contributed by atoms with Crippen molar-refractivity contribution in [3.63, 3.8) is 0 Å². The van der Waals surface area contributed by atoms with Gasteiger partial charge in [-0.15, -0.1) is 0 Å². The molecule has 0 spiro atoms. The standard InChI is InChI=1S/C29H33NO5S/c1-5-36-14-13-35-29(32)26-18(2)30-23-15-20(19-9-7-6-8-10-19)16-24(31)28(23)27(26)22-12-11-21(33-3)17-25(22)34-4/h6-12,17,20,27,30H,5,13-16H2,1-4H3/t20-,27-/m0/s1. The zero-order chi connectivity index (χ0) is 25.7. The van der Waals surface area contributed by atoms with E-state index in [0.29, 0.717) is 47.8 Å². The molecule has 190 valence electrons. The third-order valence-electron chi connectivity index (χ3n) is 6.74. The van der Waals surface area contributed by atoms with Gasteiger partial charge >= 0.3 is 5.97 Å². The Morgan fingerprint density at radius 3 is 2.56 bits per heavy atom. The predicted octanol–water partition coefficient (Wildman–Crippen LogP) is 5.36. The van der Waals surface area contributed by atoms with Crippen LogP contribution in [0, 0.1) is 0 Å². The molecule has 7 heteroatoms. The van der Waals surface area contributed by atoms with E-state index in [1.54, 1.807) is 32.0 Å². The minimum atomic E-state index is -0.586. The Bertz CT molecular complexity index is 1190. The fraction of sp³-hybridized carbons (Fsp3) is 0.379. The van der Waals surface area contributed by atoms with Crippen molar-refractivity contribution in [2.75, 3.05) is 32.3 Å². The number of hydrogen-bond acceptors (Lipinski definition) is 7. The number of nitrogens with one attached hydrogen (secondary N) is 1. The molecule has 6 nitrogen and oxygen atoms in total. The van der Waals surface area contributed by atoms with Gasteiger partial charge in [0.05, 0.1) is 25.7 Å². The number of methoxy groups -OCH3 is 2. The highest BCUT2D eigenvalue weighted by molar-refractivity contribution is 7.99. The Morgan fingerprint density at radius 1 is 1.08 bits per heavy atom. The average Bonchev–Trinajstić information content (AvgIpc) is 2.90. The summed E-state index contributed by atoms with van der Waals surface area (Å²) in [5, 5.41) is 3.41. The van der Waals surface area contributed by atoms with E-state index < -0.39 is 11.9 Å². The first kappa shape index (κ1) is 25.9. The summed E-state index contributed by atoms with van der Waals surface area (Å²) in [6.07, 6.45) is 1.07. The average molecular weight is 508 g/mol. The SMILES string of the molecule is CCSCCOC(=O)C1=C(C)NC2=C(C(=O)C[C@@H](c3ccccc3)C2)[C@H]1c1ccc(OC)cc1OC. The van der Waals surface area contributed by atoms with Crippen LogP contribution in [0.3, 0.4) is 0 Å². The number of carbonyl (C=O) groups is 2. The number of carbonyl (C=O) groups excluding carboxylic acids is 2. The fourth-order valence-electron chi connectivity index (χ4n) is 5.05. The van der Waals surface area contributed by atoms with Crippen LogP contribution in [0.25, 0.3) is 0 Å². The van der Waals surface area contributed by atoms with Gasteiger partial charge in [0.1, 0.15) is 18.1 Å². The molecule has 0 bridgehead atoms. The first-order valence-corrected chi connectivity index (χ1v) is 13.4. The summed E-state index contributed by atoms with van der Waals surface area (Å²) >= 11 is 1.72. The summed E-state index contributed by atoms with van der Waals surface area (Å²) in [4.78, 5) is 27.2. The van der Waals surface area contributed by atoms with E-state index in [4.69, 9.17) is 14.2 Å². The lowest BCUT2D eigenvalue weighted by Gasteiger charge is -2.37. The van der Waals surface area contributed by atoms with E-state index in [-0.39, 0.29) is 11.7 Å². The van der Waals surface area contributed by atoms with Gasteiger partial charge in [0.25, 0.3) is 0 Å². The largest absolute Gasteiger partial charge is 0.497 e. The molecule has 0 saturated heterocycles. The van der Waals surface area contributed by atoms with Crippen LogP contribution in [0.1, 0.15) is 49.7 Å². The number of thioether (sulfide) groups is 1. The number of Topliss-reactive ketones (excluding diaryl/α,β-unsaturated/α-hetero) is 1. The number of esters is 1. The Labute approximate surface area is 217 Å². The Hall–Kier alpha value is -3.19. The molecule has 2 aliphatic rings. The first-order chi connectivity index (χ1) is 17.5. The normalized spacial score (nSPS) is 19.5. The third kappa shape index (κ3) is 5.31. The van der Waals surface area contributed by atoms with E-state index in [1.165, 1.54) is 0 Å². The first-order valence-electron chi connectivity index (χ1n) is 12.2. The summed E-state index contributed by atoms with van der Waals surface area (Å²) in [6.45, 7) is 4.26. The van der Waals surface area contributed by atoms with Gasteiger partial charge in [-0.3, -0.25) is 4.79 Å². The molecule has 0 aromatic heterocycles. The van der Waals surface area contributed by atoms with E-state index in [9.17, 15) is 9.59 Å². The molecular formula is C29H33NO5S. The molecule has 2 atom stereocenters. The van der Waals surface area contributed by atoms with Crippen molar-refractivity contribution in [3.8, 4) is 11.5 Å². The van der Waals surface area contributed by atoms with Crippen molar-refractivity contribution in [1.82, 2.24) is 5.32 Å². The van der Waals surface area contributed by atoms with Crippen molar-refractivity contribution in [1.29, 1.82) is 0 Å². The Balaban J connectivity index is 1.78. The monoisotopic (exact) mass is 507 g/mol. The molecule has 1 aliphatic carbocycles. The van der Waals surface area contributed by atoms with Gasteiger partial charge in [0.15, 0.2) is 5.78 Å². The van der Waals surface area contributed by atoms with Gasteiger partial charge in [-0.05, 0) is 36.6 Å². The van der Waals surface area contributed by atoms with Crippen molar-refractivity contribution >= 4 is 23.5 Å². The lowest BCUT2D eigenvalue weighted by Crippen LogP contribution is -2.36. The summed E-state index contributed by atoms with van der Waals surface area (Å²) < 4.78 is 16.8.